The van der Waals surface area contributed by atoms with Crippen molar-refractivity contribution in [3.05, 3.63) is 259 Å². The molecule has 2 nitrogen and oxygen atoms in total. The Labute approximate surface area is 329 Å². The maximum absolute atomic E-state index is 7.51. The predicted molar refractivity (Wildman–Crippen MR) is 233 cm³/mol. The van der Waals surface area contributed by atoms with E-state index in [0.717, 1.165) is 34.0 Å². The van der Waals surface area contributed by atoms with Crippen LogP contribution in [0.2, 0.25) is 0 Å². The van der Waals surface area contributed by atoms with Gasteiger partial charge in [0.05, 0.1) is 11.1 Å². The summed E-state index contributed by atoms with van der Waals surface area (Å²) in [6, 6.07) is 86.4. The smallest absolute Gasteiger partial charge is 0.200 e. The van der Waals surface area contributed by atoms with Gasteiger partial charge in [-0.25, -0.2) is 0 Å². The number of rotatable bonds is 8. The average molecular weight is 734 g/mol. The van der Waals surface area contributed by atoms with Crippen molar-refractivity contribution >= 4 is 29.0 Å². The molecule has 1 aliphatic heterocycles. The minimum Gasteiger partial charge on any atom is -0.454 e. The molecule has 266 valence electrons. The first kappa shape index (κ1) is 33.6. The molecule has 0 radical (unpaired) electrons. The fourth-order valence-corrected chi connectivity index (χ4v) is 14.4. The molecule has 0 fully saturated rings. The lowest BCUT2D eigenvalue weighted by Gasteiger charge is -2.44. The first-order valence-corrected chi connectivity index (χ1v) is 21.3. The van der Waals surface area contributed by atoms with Crippen molar-refractivity contribution in [3.8, 4) is 28.4 Å². The highest BCUT2D eigenvalue weighted by atomic mass is 28.3. The van der Waals surface area contributed by atoms with Gasteiger partial charge in [-0.3, -0.25) is 0 Å². The van der Waals surface area contributed by atoms with Crippen molar-refractivity contribution in [2.75, 3.05) is 0 Å². The summed E-state index contributed by atoms with van der Waals surface area (Å²) in [6.45, 7) is 0. The van der Waals surface area contributed by atoms with Gasteiger partial charge in [-0.1, -0.05) is 218 Å². The molecule has 3 heteroatoms. The number of hydrogen-bond donors (Lipinski definition) is 0. The molecule has 8 aromatic carbocycles. The van der Waals surface area contributed by atoms with Crippen LogP contribution in [0.1, 0.15) is 22.3 Å². The van der Waals surface area contributed by atoms with Gasteiger partial charge < -0.3 is 9.30 Å². The first-order chi connectivity index (χ1) is 27.8. The highest BCUT2D eigenvalue weighted by molar-refractivity contribution is 7.20. The van der Waals surface area contributed by atoms with Crippen LogP contribution in [0.15, 0.2) is 237 Å². The molecule has 1 aromatic heterocycles. The van der Waals surface area contributed by atoms with Gasteiger partial charge in [-0.05, 0) is 44.9 Å². The maximum atomic E-state index is 7.51. The van der Waals surface area contributed by atoms with E-state index < -0.39 is 13.5 Å². The monoisotopic (exact) mass is 733 g/mol. The van der Waals surface area contributed by atoms with Crippen LogP contribution in [0.4, 0.5) is 0 Å². The standard InChI is InChI=1S/C53H39NOSi/c1-8-24-40(25-9-1)50-51-49(53(41-26-10-2-11-27-41,42-28-12-3-13-29-42)47-38-22-23-39-48(47)55-51)52(54(50)43-30-14-4-15-31-43)56(44-32-16-5-17-33-44,45-34-18-6-19-35-45)46-36-20-7-21-37-46/h1-39H. The van der Waals surface area contributed by atoms with E-state index in [1.165, 1.54) is 37.6 Å². The topological polar surface area (TPSA) is 14.2 Å². The van der Waals surface area contributed by atoms with E-state index in [-0.39, 0.29) is 0 Å². The molecule has 1 aliphatic rings. The molecular weight excluding hydrogens is 695 g/mol. The second-order valence-electron chi connectivity index (χ2n) is 14.4. The van der Waals surface area contributed by atoms with Crippen molar-refractivity contribution in [1.29, 1.82) is 0 Å². The minimum absolute atomic E-state index is 0.776. The van der Waals surface area contributed by atoms with Crippen molar-refractivity contribution in [1.82, 2.24) is 4.57 Å². The van der Waals surface area contributed by atoms with Crippen molar-refractivity contribution in [2.24, 2.45) is 0 Å². The summed E-state index contributed by atoms with van der Waals surface area (Å²) in [5.41, 5.74) is 7.09. The van der Waals surface area contributed by atoms with Crippen molar-refractivity contribution in [3.63, 3.8) is 0 Å². The quantitative estimate of drug-likeness (QED) is 0.112. The van der Waals surface area contributed by atoms with E-state index in [0.29, 0.717) is 0 Å². The molecule has 0 spiro atoms. The largest absolute Gasteiger partial charge is 0.454 e. The average Bonchev–Trinajstić information content (AvgIpc) is 3.63. The Bertz CT molecular complexity index is 2600. The molecule has 9 aromatic rings. The molecule has 0 saturated carbocycles. The van der Waals surface area contributed by atoms with Crippen LogP contribution in [-0.2, 0) is 5.41 Å². The molecule has 0 N–H and O–H groups in total. The van der Waals surface area contributed by atoms with E-state index in [1.807, 2.05) is 0 Å². The van der Waals surface area contributed by atoms with Crippen LogP contribution in [0.5, 0.6) is 11.5 Å². The molecule has 0 amide bonds. The van der Waals surface area contributed by atoms with Gasteiger partial charge in [0, 0.05) is 27.7 Å². The fourth-order valence-electron chi connectivity index (χ4n) is 9.27. The van der Waals surface area contributed by atoms with Gasteiger partial charge in [0.25, 0.3) is 0 Å². The Morgan fingerprint density at radius 1 is 0.393 bits per heavy atom. The van der Waals surface area contributed by atoms with E-state index >= 15 is 0 Å². The fraction of sp³-hybridized carbons (Fsp3) is 0.0189. The van der Waals surface area contributed by atoms with Gasteiger partial charge in [0.2, 0.25) is 0 Å². The lowest BCUT2D eigenvalue weighted by atomic mass is 9.64. The number of fused-ring (bicyclic) bond motifs is 2. The van der Waals surface area contributed by atoms with Crippen molar-refractivity contribution < 1.29 is 4.74 Å². The second kappa shape index (κ2) is 14.0. The Balaban J connectivity index is 1.55. The van der Waals surface area contributed by atoms with E-state index in [2.05, 4.69) is 241 Å². The molecule has 0 atom stereocenters. The number of aromatic nitrogens is 1. The van der Waals surface area contributed by atoms with Crippen molar-refractivity contribution in [2.45, 2.75) is 5.41 Å². The normalized spacial score (nSPS) is 12.9. The number of benzene rings is 8. The number of hydrogen-bond acceptors (Lipinski definition) is 1. The molecule has 0 aliphatic carbocycles. The molecular formula is C53H39NOSi. The third-order valence-electron chi connectivity index (χ3n) is 11.5. The van der Waals surface area contributed by atoms with Crippen LogP contribution >= 0.6 is 0 Å². The molecule has 10 rings (SSSR count). The van der Waals surface area contributed by atoms with Crippen LogP contribution in [0.3, 0.4) is 0 Å². The minimum atomic E-state index is -3.31. The molecule has 0 saturated heterocycles. The zero-order valence-electron chi connectivity index (χ0n) is 30.9. The lowest BCUT2D eigenvalue weighted by molar-refractivity contribution is 0.439. The number of nitrogens with zero attached hydrogens (tertiary/aromatic N) is 1. The van der Waals surface area contributed by atoms with E-state index in [9.17, 15) is 0 Å². The summed E-state index contributed by atoms with van der Waals surface area (Å²) in [7, 11) is -3.31. The third kappa shape index (κ3) is 5.09. The van der Waals surface area contributed by atoms with E-state index in [1.54, 1.807) is 0 Å². The van der Waals surface area contributed by atoms with Crippen LogP contribution in [-0.4, -0.2) is 12.6 Å². The first-order valence-electron chi connectivity index (χ1n) is 19.3. The molecule has 56 heavy (non-hydrogen) atoms. The second-order valence-corrected chi connectivity index (χ2v) is 18.1. The summed E-state index contributed by atoms with van der Waals surface area (Å²) >= 11 is 0. The van der Waals surface area contributed by atoms with Gasteiger partial charge in [-0.2, -0.15) is 0 Å². The Hall–Kier alpha value is -6.94. The Kier molecular flexibility index (Phi) is 8.43. The zero-order chi connectivity index (χ0) is 37.4. The zero-order valence-corrected chi connectivity index (χ0v) is 31.9. The molecule has 2 heterocycles. The third-order valence-corrected chi connectivity index (χ3v) is 16.2. The van der Waals surface area contributed by atoms with Gasteiger partial charge in [0.1, 0.15) is 5.75 Å². The van der Waals surface area contributed by atoms with Crippen LogP contribution < -0.4 is 25.6 Å². The predicted octanol–water partition coefficient (Wildman–Crippen LogP) is 10.0. The Morgan fingerprint density at radius 3 is 1.27 bits per heavy atom. The molecule has 0 bridgehead atoms. The summed E-state index contributed by atoms with van der Waals surface area (Å²) < 4.78 is 10.1. The Morgan fingerprint density at radius 2 is 0.786 bits per heavy atom. The maximum Gasteiger partial charge on any atom is 0.200 e. The highest BCUT2D eigenvalue weighted by Gasteiger charge is 2.56. The summed E-state index contributed by atoms with van der Waals surface area (Å²) in [6.07, 6.45) is 0. The van der Waals surface area contributed by atoms with Crippen LogP contribution in [0, 0.1) is 0 Å². The van der Waals surface area contributed by atoms with E-state index in [4.69, 9.17) is 4.74 Å². The summed E-state index contributed by atoms with van der Waals surface area (Å²) in [4.78, 5) is 0. The summed E-state index contributed by atoms with van der Waals surface area (Å²) in [5, 5.41) is 5.14. The SMILES string of the molecule is c1ccc(-c2c3c(c([Si](c4ccccc4)(c4ccccc4)c4ccccc4)n2-c2ccccc2)C(c2ccccc2)(c2ccccc2)c2ccccc2O3)cc1. The molecule has 0 unspecified atom stereocenters. The summed E-state index contributed by atoms with van der Waals surface area (Å²) in [5.74, 6) is 1.73. The number of para-hydroxylation sites is 2. The van der Waals surface area contributed by atoms with Gasteiger partial charge >= 0.3 is 0 Å². The van der Waals surface area contributed by atoms with Gasteiger partial charge in [-0.15, -0.1) is 0 Å². The number of ether oxygens (including phenoxy) is 1. The van der Waals surface area contributed by atoms with Gasteiger partial charge in [0.15, 0.2) is 13.8 Å². The lowest BCUT2D eigenvalue weighted by Crippen LogP contribution is -2.77. The highest BCUT2D eigenvalue weighted by Crippen LogP contribution is 2.58. The van der Waals surface area contributed by atoms with Crippen LogP contribution in [0.25, 0.3) is 16.9 Å².